The maximum atomic E-state index is 6.29. The van der Waals surface area contributed by atoms with Crippen LogP contribution in [0.2, 0.25) is 5.02 Å². The van der Waals surface area contributed by atoms with Crippen molar-refractivity contribution in [1.29, 1.82) is 0 Å². The smallest absolute Gasteiger partial charge is 0.184 e. The molecule has 2 aromatic heterocycles. The Morgan fingerprint density at radius 3 is 2.89 bits per heavy atom. The third-order valence-corrected chi connectivity index (χ3v) is 4.09. The molecular weight excluding hydrogens is 348 g/mol. The summed E-state index contributed by atoms with van der Waals surface area (Å²) >= 11 is 15.1. The molecule has 98 valence electrons. The van der Waals surface area contributed by atoms with Crippen LogP contribution < -0.4 is 0 Å². The topological polar surface area (TPSA) is 38.5 Å². The summed E-state index contributed by atoms with van der Waals surface area (Å²) in [6, 6.07) is 5.67. The van der Waals surface area contributed by atoms with Gasteiger partial charge in [0.25, 0.3) is 0 Å². The molecule has 19 heavy (non-hydrogen) atoms. The second-order valence-corrected chi connectivity index (χ2v) is 5.98. The van der Waals surface area contributed by atoms with Crippen LogP contribution in [0, 0.1) is 11.7 Å². The van der Waals surface area contributed by atoms with Crippen molar-refractivity contribution < 1.29 is 0 Å². The minimum absolute atomic E-state index is 0.603. The lowest BCUT2D eigenvalue weighted by Gasteiger charge is -2.07. The zero-order valence-corrected chi connectivity index (χ0v) is 13.4. The third-order valence-electron chi connectivity index (χ3n) is 2.99. The van der Waals surface area contributed by atoms with E-state index in [2.05, 4.69) is 26.0 Å². The molecule has 7 heteroatoms. The molecule has 0 atom stereocenters. The molecule has 3 rings (SSSR count). The van der Waals surface area contributed by atoms with Crippen LogP contribution in [0.15, 0.2) is 22.7 Å². The van der Waals surface area contributed by atoms with Gasteiger partial charge in [0.15, 0.2) is 10.4 Å². The van der Waals surface area contributed by atoms with Crippen molar-refractivity contribution in [1.82, 2.24) is 19.3 Å². The van der Waals surface area contributed by atoms with E-state index in [1.807, 2.05) is 36.7 Å². The van der Waals surface area contributed by atoms with Crippen LogP contribution >= 0.6 is 39.7 Å². The van der Waals surface area contributed by atoms with E-state index in [0.717, 1.165) is 27.0 Å². The number of hydrogen-bond acceptors (Lipinski definition) is 2. The molecule has 0 saturated carbocycles. The lowest BCUT2D eigenvalue weighted by Crippen LogP contribution is -2.01. The van der Waals surface area contributed by atoms with Gasteiger partial charge in [-0.25, -0.2) is 4.68 Å². The standard InChI is InChI=1S/C12H10BrClN4S/c1-6-10-11(17(2)16-6)18(12(19)15-10)9-5-7(13)3-4-8(9)14/h3-5H,1-2H3,(H,15,19). The Hall–Kier alpha value is -1.11. The average molecular weight is 358 g/mol. The van der Waals surface area contributed by atoms with Gasteiger partial charge in [0.05, 0.1) is 16.4 Å². The summed E-state index contributed by atoms with van der Waals surface area (Å²) in [6.07, 6.45) is 0. The number of H-pyrrole nitrogens is 1. The molecule has 0 aliphatic heterocycles. The van der Waals surface area contributed by atoms with E-state index >= 15 is 0 Å². The number of benzene rings is 1. The molecule has 0 saturated heterocycles. The van der Waals surface area contributed by atoms with Crippen LogP contribution in [-0.4, -0.2) is 19.3 Å². The number of aromatic nitrogens is 4. The highest BCUT2D eigenvalue weighted by atomic mass is 79.9. The maximum Gasteiger partial charge on any atom is 0.184 e. The number of nitrogens with zero attached hydrogens (tertiary/aromatic N) is 3. The zero-order valence-electron chi connectivity index (χ0n) is 10.2. The van der Waals surface area contributed by atoms with E-state index in [0.29, 0.717) is 9.79 Å². The van der Waals surface area contributed by atoms with E-state index < -0.39 is 0 Å². The summed E-state index contributed by atoms with van der Waals surface area (Å²) in [7, 11) is 1.89. The fourth-order valence-electron chi connectivity index (χ4n) is 2.19. The zero-order chi connectivity index (χ0) is 13.7. The molecule has 2 heterocycles. The highest BCUT2D eigenvalue weighted by Crippen LogP contribution is 2.28. The number of fused-ring (bicyclic) bond motifs is 1. The SMILES string of the molecule is Cc1nn(C)c2c1[nH]c(=S)n2-c1cc(Br)ccc1Cl. The Bertz CT molecular complexity index is 845. The van der Waals surface area contributed by atoms with Gasteiger partial charge in [-0.05, 0) is 37.3 Å². The molecule has 0 unspecified atom stereocenters. The van der Waals surface area contributed by atoms with Crippen molar-refractivity contribution in [3.63, 3.8) is 0 Å². The Kier molecular flexibility index (Phi) is 3.03. The predicted octanol–water partition coefficient (Wildman–Crippen LogP) is 4.15. The summed E-state index contributed by atoms with van der Waals surface area (Å²) in [5.41, 5.74) is 3.58. The van der Waals surface area contributed by atoms with Gasteiger partial charge in [-0.15, -0.1) is 0 Å². The molecule has 0 bridgehead atoms. The van der Waals surface area contributed by atoms with Crippen molar-refractivity contribution >= 4 is 50.9 Å². The van der Waals surface area contributed by atoms with Gasteiger partial charge < -0.3 is 4.98 Å². The van der Waals surface area contributed by atoms with E-state index in [-0.39, 0.29) is 0 Å². The lowest BCUT2D eigenvalue weighted by atomic mass is 10.3. The fraction of sp³-hybridized carbons (Fsp3) is 0.167. The van der Waals surface area contributed by atoms with Crippen LogP contribution in [0.3, 0.4) is 0 Å². The normalized spacial score (nSPS) is 11.4. The summed E-state index contributed by atoms with van der Waals surface area (Å²) in [5, 5.41) is 5.03. The van der Waals surface area contributed by atoms with E-state index in [1.165, 1.54) is 0 Å². The minimum atomic E-state index is 0.603. The molecule has 3 aromatic rings. The minimum Gasteiger partial charge on any atom is -0.327 e. The number of rotatable bonds is 1. The Labute approximate surface area is 128 Å². The Balaban J connectivity index is 2.45. The van der Waals surface area contributed by atoms with Crippen LogP contribution in [0.25, 0.3) is 16.9 Å². The van der Waals surface area contributed by atoms with Gasteiger partial charge in [0.1, 0.15) is 5.52 Å². The summed E-state index contributed by atoms with van der Waals surface area (Å²) in [4.78, 5) is 3.18. The van der Waals surface area contributed by atoms with Crippen molar-refractivity contribution in [3.8, 4) is 5.69 Å². The number of nitrogens with one attached hydrogen (secondary N) is 1. The average Bonchev–Trinajstić information content (AvgIpc) is 2.81. The lowest BCUT2D eigenvalue weighted by molar-refractivity contribution is 0.759. The van der Waals surface area contributed by atoms with Gasteiger partial charge in [-0.3, -0.25) is 4.57 Å². The molecule has 1 N–H and O–H groups in total. The van der Waals surface area contributed by atoms with Gasteiger partial charge in [0, 0.05) is 11.5 Å². The van der Waals surface area contributed by atoms with Crippen LogP contribution in [0.4, 0.5) is 0 Å². The predicted molar refractivity (Wildman–Crippen MR) is 82.7 cm³/mol. The second kappa shape index (κ2) is 4.47. The van der Waals surface area contributed by atoms with E-state index in [4.69, 9.17) is 23.8 Å². The monoisotopic (exact) mass is 356 g/mol. The molecule has 4 nitrogen and oxygen atoms in total. The van der Waals surface area contributed by atoms with Gasteiger partial charge in [-0.2, -0.15) is 5.10 Å². The molecule has 0 spiro atoms. The third kappa shape index (κ3) is 1.94. The summed E-state index contributed by atoms with van der Waals surface area (Å²) in [5.74, 6) is 0. The number of aryl methyl sites for hydroxylation is 2. The van der Waals surface area contributed by atoms with Crippen LogP contribution in [-0.2, 0) is 7.05 Å². The van der Waals surface area contributed by atoms with E-state index in [1.54, 1.807) is 4.68 Å². The van der Waals surface area contributed by atoms with Crippen molar-refractivity contribution in [2.75, 3.05) is 0 Å². The number of hydrogen-bond donors (Lipinski definition) is 1. The fourth-order valence-corrected chi connectivity index (χ4v) is 3.03. The quantitative estimate of drug-likeness (QED) is 0.665. The number of imidazole rings is 1. The first kappa shape index (κ1) is 12.9. The van der Waals surface area contributed by atoms with Gasteiger partial charge >= 0.3 is 0 Å². The molecule has 1 aromatic carbocycles. The first-order chi connectivity index (χ1) is 8.99. The van der Waals surface area contributed by atoms with Crippen LogP contribution in [0.1, 0.15) is 5.69 Å². The first-order valence-electron chi connectivity index (χ1n) is 5.59. The van der Waals surface area contributed by atoms with Gasteiger partial charge in [-0.1, -0.05) is 27.5 Å². The molecule has 0 fully saturated rings. The summed E-state index contributed by atoms with van der Waals surface area (Å²) in [6.45, 7) is 1.94. The Morgan fingerprint density at radius 2 is 2.16 bits per heavy atom. The molecule has 0 aliphatic carbocycles. The number of halogens is 2. The number of aromatic amines is 1. The first-order valence-corrected chi connectivity index (χ1v) is 7.16. The molecule has 0 radical (unpaired) electrons. The van der Waals surface area contributed by atoms with E-state index in [9.17, 15) is 0 Å². The van der Waals surface area contributed by atoms with Gasteiger partial charge in [0.2, 0.25) is 0 Å². The highest BCUT2D eigenvalue weighted by molar-refractivity contribution is 9.10. The molecular formula is C12H10BrClN4S. The molecule has 0 aliphatic rings. The highest BCUT2D eigenvalue weighted by Gasteiger charge is 2.15. The van der Waals surface area contributed by atoms with Crippen molar-refractivity contribution in [2.24, 2.45) is 7.05 Å². The summed E-state index contributed by atoms with van der Waals surface area (Å²) < 4.78 is 5.25. The van der Waals surface area contributed by atoms with Crippen LogP contribution in [0.5, 0.6) is 0 Å². The van der Waals surface area contributed by atoms with Crippen molar-refractivity contribution in [2.45, 2.75) is 6.92 Å². The largest absolute Gasteiger partial charge is 0.327 e. The second-order valence-electron chi connectivity index (χ2n) is 4.27. The maximum absolute atomic E-state index is 6.29. The van der Waals surface area contributed by atoms with Crippen molar-refractivity contribution in [3.05, 3.63) is 38.2 Å². The molecule has 0 amide bonds. The Morgan fingerprint density at radius 1 is 1.42 bits per heavy atom.